The number of nitrogens with two attached hydrogens (primary N) is 1. The fraction of sp³-hybridized carbons (Fsp3) is 0.400. The number of aromatic nitrogens is 2. The van der Waals surface area contributed by atoms with Gasteiger partial charge in [-0.2, -0.15) is 0 Å². The number of benzene rings is 1. The highest BCUT2D eigenvalue weighted by Crippen LogP contribution is 2.22. The second kappa shape index (κ2) is 13.1. The number of carbonyl (C=O) groups excluding carboxylic acids is 2. The van der Waals surface area contributed by atoms with E-state index in [1.165, 1.54) is 7.11 Å². The van der Waals surface area contributed by atoms with Crippen molar-refractivity contribution in [3.63, 3.8) is 0 Å². The Bertz CT molecular complexity index is 846. The summed E-state index contributed by atoms with van der Waals surface area (Å²) in [5, 5.41) is 16.1. The summed E-state index contributed by atoms with van der Waals surface area (Å²) in [7, 11) is 3.22. The zero-order valence-corrected chi connectivity index (χ0v) is 17.6. The molecule has 168 valence electrons. The van der Waals surface area contributed by atoms with Gasteiger partial charge in [-0.05, 0) is 24.3 Å². The van der Waals surface area contributed by atoms with Crippen LogP contribution >= 0.6 is 0 Å². The van der Waals surface area contributed by atoms with Crippen LogP contribution in [-0.4, -0.2) is 69.1 Å². The third kappa shape index (κ3) is 8.16. The number of anilines is 3. The molecular weight excluding hydrogens is 404 g/mol. The number of hydrogen-bond acceptors (Lipinski definition) is 9. The summed E-state index contributed by atoms with van der Waals surface area (Å²) in [6.07, 6.45) is 0.131. The zero-order chi connectivity index (χ0) is 22.5. The molecule has 1 aromatic heterocycles. The van der Waals surface area contributed by atoms with E-state index in [1.54, 1.807) is 37.4 Å². The van der Waals surface area contributed by atoms with Crippen molar-refractivity contribution in [3.05, 3.63) is 35.9 Å². The predicted molar refractivity (Wildman–Crippen MR) is 116 cm³/mol. The van der Waals surface area contributed by atoms with Crippen LogP contribution in [0.2, 0.25) is 0 Å². The Morgan fingerprint density at radius 2 is 1.77 bits per heavy atom. The molecule has 0 saturated heterocycles. The summed E-state index contributed by atoms with van der Waals surface area (Å²) >= 11 is 0. The van der Waals surface area contributed by atoms with Gasteiger partial charge in [0, 0.05) is 25.3 Å². The Hall–Kier alpha value is -3.28. The van der Waals surface area contributed by atoms with Crippen molar-refractivity contribution in [3.8, 4) is 5.88 Å². The Morgan fingerprint density at radius 3 is 2.42 bits per heavy atom. The van der Waals surface area contributed by atoms with Crippen LogP contribution in [0.5, 0.6) is 5.88 Å². The average molecular weight is 432 g/mol. The van der Waals surface area contributed by atoms with Crippen LogP contribution in [0.25, 0.3) is 0 Å². The van der Waals surface area contributed by atoms with E-state index < -0.39 is 5.91 Å². The maximum absolute atomic E-state index is 12.7. The van der Waals surface area contributed by atoms with Gasteiger partial charge in [-0.15, -0.1) is 10.2 Å². The second-order valence-corrected chi connectivity index (χ2v) is 6.24. The van der Waals surface area contributed by atoms with E-state index in [-0.39, 0.29) is 30.3 Å². The Labute approximate surface area is 180 Å². The smallest absolute Gasteiger partial charge is 0.258 e. The van der Waals surface area contributed by atoms with Gasteiger partial charge < -0.3 is 35.9 Å². The topological polar surface area (TPSA) is 150 Å². The van der Waals surface area contributed by atoms with Crippen molar-refractivity contribution in [1.29, 1.82) is 0 Å². The molecule has 0 bridgehead atoms. The largest absolute Gasteiger partial charge is 0.480 e. The predicted octanol–water partition coefficient (Wildman–Crippen LogP) is 1.10. The van der Waals surface area contributed by atoms with Crippen LogP contribution in [0.1, 0.15) is 16.8 Å². The lowest BCUT2D eigenvalue weighted by Crippen LogP contribution is -2.20. The maximum atomic E-state index is 12.7. The van der Waals surface area contributed by atoms with Crippen LogP contribution in [0, 0.1) is 0 Å². The summed E-state index contributed by atoms with van der Waals surface area (Å²) in [5.41, 5.74) is 6.71. The van der Waals surface area contributed by atoms with Crippen molar-refractivity contribution in [2.75, 3.05) is 63.1 Å². The van der Waals surface area contributed by atoms with Crippen molar-refractivity contribution in [1.82, 2.24) is 10.2 Å². The molecule has 1 aromatic carbocycles. The second-order valence-electron chi connectivity index (χ2n) is 6.24. The molecule has 2 amide bonds. The van der Waals surface area contributed by atoms with Gasteiger partial charge in [0.25, 0.3) is 5.91 Å². The number of rotatable bonds is 13. The molecule has 1 heterocycles. The first-order valence-electron chi connectivity index (χ1n) is 9.73. The minimum atomic E-state index is -0.439. The first-order chi connectivity index (χ1) is 15.1. The molecular formula is C20H28N6O5. The molecule has 0 aliphatic rings. The molecule has 31 heavy (non-hydrogen) atoms. The minimum Gasteiger partial charge on any atom is -0.480 e. The van der Waals surface area contributed by atoms with Crippen LogP contribution < -0.4 is 26.4 Å². The summed E-state index contributed by atoms with van der Waals surface area (Å²) in [5.74, 6) is -0.136. The monoisotopic (exact) mass is 432 g/mol. The van der Waals surface area contributed by atoms with E-state index in [1.807, 2.05) is 0 Å². The lowest BCUT2D eigenvalue weighted by atomic mass is 10.1. The summed E-state index contributed by atoms with van der Waals surface area (Å²) in [6, 6.07) is 8.16. The Kier molecular flexibility index (Phi) is 10.1. The fourth-order valence-electron chi connectivity index (χ4n) is 2.46. The van der Waals surface area contributed by atoms with Gasteiger partial charge in [0.2, 0.25) is 11.8 Å². The molecule has 11 nitrogen and oxygen atoms in total. The first-order valence-corrected chi connectivity index (χ1v) is 9.73. The molecule has 0 saturated carbocycles. The van der Waals surface area contributed by atoms with Crippen molar-refractivity contribution >= 4 is 29.0 Å². The average Bonchev–Trinajstić information content (AvgIpc) is 2.78. The van der Waals surface area contributed by atoms with Gasteiger partial charge in [0.15, 0.2) is 5.82 Å². The minimum absolute atomic E-state index is 0.131. The van der Waals surface area contributed by atoms with Crippen molar-refractivity contribution in [2.45, 2.75) is 6.42 Å². The molecule has 0 aliphatic heterocycles. The fourth-order valence-corrected chi connectivity index (χ4v) is 2.46. The van der Waals surface area contributed by atoms with Gasteiger partial charge in [0.05, 0.1) is 51.2 Å². The van der Waals surface area contributed by atoms with E-state index >= 15 is 0 Å². The van der Waals surface area contributed by atoms with E-state index in [2.05, 4.69) is 26.1 Å². The third-order valence-corrected chi connectivity index (χ3v) is 4.03. The van der Waals surface area contributed by atoms with Gasteiger partial charge in [-0.1, -0.05) is 0 Å². The number of ether oxygens (including phenoxy) is 3. The normalized spacial score (nSPS) is 10.4. The van der Waals surface area contributed by atoms with Crippen LogP contribution in [0.3, 0.4) is 0 Å². The number of methoxy groups -OCH3 is 1. The molecule has 2 rings (SSSR count). The summed E-state index contributed by atoms with van der Waals surface area (Å²) in [4.78, 5) is 25.1. The Morgan fingerprint density at radius 1 is 1.00 bits per heavy atom. The molecule has 0 spiro atoms. The highest BCUT2D eigenvalue weighted by molar-refractivity contribution is 6.10. The number of nitrogens with zero attached hydrogens (tertiary/aromatic N) is 2. The van der Waals surface area contributed by atoms with Gasteiger partial charge in [-0.25, -0.2) is 0 Å². The van der Waals surface area contributed by atoms with E-state index in [9.17, 15) is 9.59 Å². The number of amides is 2. The van der Waals surface area contributed by atoms with E-state index in [0.717, 1.165) is 5.69 Å². The molecule has 0 atom stereocenters. The highest BCUT2D eigenvalue weighted by Gasteiger charge is 2.15. The van der Waals surface area contributed by atoms with Crippen molar-refractivity contribution in [2.24, 2.45) is 5.73 Å². The quantitative estimate of drug-likeness (QED) is 0.341. The molecule has 0 radical (unpaired) electrons. The lowest BCUT2D eigenvalue weighted by Gasteiger charge is -2.13. The number of carbonyl (C=O) groups is 2. The molecule has 5 N–H and O–H groups in total. The molecule has 11 heteroatoms. The van der Waals surface area contributed by atoms with E-state index in [4.69, 9.17) is 19.9 Å². The van der Waals surface area contributed by atoms with Crippen LogP contribution in [0.15, 0.2) is 30.3 Å². The number of hydrogen-bond donors (Lipinski definition) is 4. The number of nitrogens with one attached hydrogen (secondary N) is 3. The first kappa shape index (κ1) is 24.0. The van der Waals surface area contributed by atoms with E-state index in [0.29, 0.717) is 37.9 Å². The Balaban J connectivity index is 1.96. The van der Waals surface area contributed by atoms with Crippen LogP contribution in [-0.2, 0) is 14.3 Å². The standard InChI is InChI=1S/C20H28N6O5/c1-22-14-3-4-15(20(28)24-17-5-6-19(29-2)26-25-17)16(13-14)23-18(27)7-9-30-11-12-31-10-8-21/h3-6,13,22H,7-12,21H2,1-2H3,(H,23,27)(H,24,25,28). The van der Waals surface area contributed by atoms with Crippen molar-refractivity contribution < 1.29 is 23.8 Å². The molecule has 2 aromatic rings. The third-order valence-electron chi connectivity index (χ3n) is 4.03. The van der Waals surface area contributed by atoms with Crippen LogP contribution in [0.4, 0.5) is 17.2 Å². The van der Waals surface area contributed by atoms with Gasteiger partial charge >= 0.3 is 0 Å². The molecule has 0 unspecified atom stereocenters. The van der Waals surface area contributed by atoms with Gasteiger partial charge in [0.1, 0.15) is 0 Å². The maximum Gasteiger partial charge on any atom is 0.258 e. The highest BCUT2D eigenvalue weighted by atomic mass is 16.5. The summed E-state index contributed by atoms with van der Waals surface area (Å²) < 4.78 is 15.5. The lowest BCUT2D eigenvalue weighted by molar-refractivity contribution is -0.117. The van der Waals surface area contributed by atoms with Gasteiger partial charge in [-0.3, -0.25) is 9.59 Å². The zero-order valence-electron chi connectivity index (χ0n) is 17.6. The summed E-state index contributed by atoms with van der Waals surface area (Å²) in [6.45, 7) is 1.95. The SMILES string of the molecule is CNc1ccc(C(=O)Nc2ccc(OC)nn2)c(NC(=O)CCOCCOCCN)c1. The molecule has 0 fully saturated rings. The molecule has 0 aliphatic carbocycles.